The molecule has 1 N–H and O–H groups in total. The molecule has 0 bridgehead atoms. The van der Waals surface area contributed by atoms with Crippen LogP contribution in [0.5, 0.6) is 5.75 Å². The molecule has 1 aromatic rings. The Balaban J connectivity index is 2.64. The minimum Gasteiger partial charge on any atom is -0.493 e. The van der Waals surface area contributed by atoms with Crippen LogP contribution in [0.1, 0.15) is 32.8 Å². The summed E-state index contributed by atoms with van der Waals surface area (Å²) in [7, 11) is -2.92. The Morgan fingerprint density at radius 2 is 1.95 bits per heavy atom. The fraction of sp³-hybridized carbons (Fsp3) is 0.600. The van der Waals surface area contributed by atoms with Crippen molar-refractivity contribution in [1.29, 1.82) is 0 Å². The van der Waals surface area contributed by atoms with E-state index in [1.54, 1.807) is 0 Å². The van der Waals surface area contributed by atoms with Gasteiger partial charge in [-0.2, -0.15) is 0 Å². The summed E-state index contributed by atoms with van der Waals surface area (Å²) in [6.45, 7) is 7.43. The zero-order chi connectivity index (χ0) is 16.1. The minimum atomic E-state index is -2.92. The van der Waals surface area contributed by atoms with Crippen LogP contribution >= 0.6 is 15.9 Å². The van der Waals surface area contributed by atoms with Gasteiger partial charge in [0, 0.05) is 28.4 Å². The van der Waals surface area contributed by atoms with E-state index >= 15 is 0 Å². The molecule has 0 aliphatic rings. The molecule has 4 nitrogen and oxygen atoms in total. The lowest BCUT2D eigenvalue weighted by molar-refractivity contribution is 0.311. The highest BCUT2D eigenvalue weighted by atomic mass is 79.9. The summed E-state index contributed by atoms with van der Waals surface area (Å²) >= 11 is 3.46. The van der Waals surface area contributed by atoms with E-state index in [-0.39, 0.29) is 11.3 Å². The third-order valence-electron chi connectivity index (χ3n) is 2.75. The third-order valence-corrected chi connectivity index (χ3v) is 4.27. The van der Waals surface area contributed by atoms with Crippen molar-refractivity contribution >= 4 is 25.8 Å². The summed E-state index contributed by atoms with van der Waals surface area (Å²) in [5.74, 6) is 0.947. The molecule has 0 fully saturated rings. The van der Waals surface area contributed by atoms with Crippen LogP contribution in [-0.2, 0) is 16.4 Å². The van der Waals surface area contributed by atoms with Crippen LogP contribution in [0.3, 0.4) is 0 Å². The van der Waals surface area contributed by atoms with Crippen LogP contribution in [0.2, 0.25) is 0 Å². The normalized spacial score (nSPS) is 12.4. The van der Waals surface area contributed by atoms with Crippen molar-refractivity contribution < 1.29 is 13.2 Å². The van der Waals surface area contributed by atoms with Gasteiger partial charge >= 0.3 is 0 Å². The van der Waals surface area contributed by atoms with E-state index in [1.807, 2.05) is 18.2 Å². The van der Waals surface area contributed by atoms with Gasteiger partial charge < -0.3 is 10.1 Å². The Hall–Kier alpha value is -0.590. The predicted molar refractivity (Wildman–Crippen MR) is 90.6 cm³/mol. The van der Waals surface area contributed by atoms with Gasteiger partial charge in [-0.15, -0.1) is 0 Å². The molecule has 0 saturated heterocycles. The molecule has 1 aromatic carbocycles. The molecule has 0 saturated carbocycles. The van der Waals surface area contributed by atoms with Crippen molar-refractivity contribution in [1.82, 2.24) is 5.32 Å². The Labute approximate surface area is 136 Å². The van der Waals surface area contributed by atoms with Gasteiger partial charge in [0.1, 0.15) is 15.6 Å². The molecule has 21 heavy (non-hydrogen) atoms. The molecular formula is C15H24BrNO3S. The Morgan fingerprint density at radius 1 is 1.29 bits per heavy atom. The second-order valence-electron chi connectivity index (χ2n) is 6.19. The highest BCUT2D eigenvalue weighted by molar-refractivity contribution is 9.10. The monoisotopic (exact) mass is 377 g/mol. The van der Waals surface area contributed by atoms with Crippen molar-refractivity contribution in [3.63, 3.8) is 0 Å². The van der Waals surface area contributed by atoms with Crippen LogP contribution < -0.4 is 10.1 Å². The lowest BCUT2D eigenvalue weighted by Gasteiger charge is -2.22. The first-order chi connectivity index (χ1) is 9.57. The molecule has 0 aromatic heterocycles. The quantitative estimate of drug-likeness (QED) is 0.741. The molecular weight excluding hydrogens is 354 g/mol. The van der Waals surface area contributed by atoms with E-state index in [2.05, 4.69) is 42.0 Å². The second-order valence-corrected chi connectivity index (χ2v) is 9.36. The maximum absolute atomic E-state index is 11.1. The van der Waals surface area contributed by atoms with E-state index in [4.69, 9.17) is 4.74 Å². The predicted octanol–water partition coefficient (Wildman–Crippen LogP) is 3.15. The number of hydrogen-bond donors (Lipinski definition) is 1. The van der Waals surface area contributed by atoms with Crippen LogP contribution in [0.15, 0.2) is 22.7 Å². The van der Waals surface area contributed by atoms with Gasteiger partial charge in [-0.1, -0.05) is 15.9 Å². The van der Waals surface area contributed by atoms with Crippen molar-refractivity contribution in [3.05, 3.63) is 28.2 Å². The van der Waals surface area contributed by atoms with Crippen LogP contribution in [0.4, 0.5) is 0 Å². The summed E-state index contributed by atoms with van der Waals surface area (Å²) in [5.41, 5.74) is 1.08. The SMILES string of the molecule is CC(C)(C)NCc1cc(Br)ccc1OCCCS(C)(=O)=O. The summed E-state index contributed by atoms with van der Waals surface area (Å²) in [6.07, 6.45) is 1.74. The zero-order valence-electron chi connectivity index (χ0n) is 13.1. The minimum absolute atomic E-state index is 0.0237. The Morgan fingerprint density at radius 3 is 2.52 bits per heavy atom. The molecule has 120 valence electrons. The van der Waals surface area contributed by atoms with Crippen LogP contribution in [0, 0.1) is 0 Å². The van der Waals surface area contributed by atoms with Gasteiger partial charge in [-0.3, -0.25) is 0 Å². The molecule has 0 atom stereocenters. The largest absolute Gasteiger partial charge is 0.493 e. The highest BCUT2D eigenvalue weighted by Crippen LogP contribution is 2.24. The molecule has 0 radical (unpaired) electrons. The average molecular weight is 378 g/mol. The van der Waals surface area contributed by atoms with Gasteiger partial charge in [-0.05, 0) is 45.4 Å². The molecule has 0 amide bonds. The Kier molecular flexibility index (Phi) is 6.69. The number of benzene rings is 1. The lowest BCUT2D eigenvalue weighted by atomic mass is 10.1. The fourth-order valence-electron chi connectivity index (χ4n) is 1.69. The number of hydrogen-bond acceptors (Lipinski definition) is 4. The van der Waals surface area contributed by atoms with Crippen LogP contribution in [-0.4, -0.2) is 32.6 Å². The molecule has 6 heteroatoms. The number of rotatable bonds is 7. The second kappa shape index (κ2) is 7.61. The van der Waals surface area contributed by atoms with E-state index in [0.717, 1.165) is 15.8 Å². The third kappa shape index (κ3) is 8.44. The smallest absolute Gasteiger partial charge is 0.147 e. The first-order valence-corrected chi connectivity index (χ1v) is 9.76. The first-order valence-electron chi connectivity index (χ1n) is 6.91. The standard InChI is InChI=1S/C15H24BrNO3S/c1-15(2,3)17-11-12-10-13(16)6-7-14(12)20-8-5-9-21(4,18)19/h6-7,10,17H,5,8-9,11H2,1-4H3. The molecule has 1 rings (SSSR count). The molecule has 0 heterocycles. The summed E-state index contributed by atoms with van der Waals surface area (Å²) in [4.78, 5) is 0. The van der Waals surface area contributed by atoms with Gasteiger partial charge in [0.25, 0.3) is 0 Å². The highest BCUT2D eigenvalue weighted by Gasteiger charge is 2.12. The maximum Gasteiger partial charge on any atom is 0.147 e. The molecule has 0 unspecified atom stereocenters. The number of nitrogens with one attached hydrogen (secondary N) is 1. The maximum atomic E-state index is 11.1. The van der Waals surface area contributed by atoms with Crippen molar-refractivity contribution in [2.75, 3.05) is 18.6 Å². The van der Waals surface area contributed by atoms with E-state index in [9.17, 15) is 8.42 Å². The van der Waals surface area contributed by atoms with E-state index in [1.165, 1.54) is 6.26 Å². The number of sulfone groups is 1. The zero-order valence-corrected chi connectivity index (χ0v) is 15.5. The van der Waals surface area contributed by atoms with Gasteiger partial charge in [0.05, 0.1) is 12.4 Å². The number of ether oxygens (including phenoxy) is 1. The first kappa shape index (κ1) is 18.5. The summed E-state index contributed by atoms with van der Waals surface area (Å²) in [5, 5.41) is 3.42. The van der Waals surface area contributed by atoms with Gasteiger partial charge in [0.2, 0.25) is 0 Å². The topological polar surface area (TPSA) is 55.4 Å². The van der Waals surface area contributed by atoms with E-state index in [0.29, 0.717) is 19.6 Å². The molecule has 0 aliphatic carbocycles. The van der Waals surface area contributed by atoms with Gasteiger partial charge in [-0.25, -0.2) is 8.42 Å². The van der Waals surface area contributed by atoms with Crippen molar-refractivity contribution in [3.8, 4) is 5.75 Å². The molecule has 0 spiro atoms. The average Bonchev–Trinajstić information content (AvgIpc) is 2.31. The van der Waals surface area contributed by atoms with Gasteiger partial charge in [0.15, 0.2) is 0 Å². The summed E-state index contributed by atoms with van der Waals surface area (Å²) < 4.78 is 28.9. The van der Waals surface area contributed by atoms with Crippen molar-refractivity contribution in [2.45, 2.75) is 39.3 Å². The van der Waals surface area contributed by atoms with Crippen LogP contribution in [0.25, 0.3) is 0 Å². The number of halogens is 1. The van der Waals surface area contributed by atoms with E-state index < -0.39 is 9.84 Å². The molecule has 0 aliphatic heterocycles. The lowest BCUT2D eigenvalue weighted by Crippen LogP contribution is -2.35. The van der Waals surface area contributed by atoms with Crippen molar-refractivity contribution in [2.24, 2.45) is 0 Å². The Bertz CT molecular complexity index is 565. The summed E-state index contributed by atoms with van der Waals surface area (Å²) in [6, 6.07) is 5.85. The fourth-order valence-corrected chi connectivity index (χ4v) is 2.74.